The van der Waals surface area contributed by atoms with Crippen molar-refractivity contribution < 1.29 is 9.72 Å². The van der Waals surface area contributed by atoms with Gasteiger partial charge in [-0.3, -0.25) is 14.9 Å². The summed E-state index contributed by atoms with van der Waals surface area (Å²) in [5, 5.41) is 14.1. The Hall–Kier alpha value is -2.05. The summed E-state index contributed by atoms with van der Waals surface area (Å²) in [7, 11) is 0. The number of anilines is 1. The van der Waals surface area contributed by atoms with E-state index in [1.54, 1.807) is 12.1 Å². The summed E-state index contributed by atoms with van der Waals surface area (Å²) in [5.41, 5.74) is 2.49. The van der Waals surface area contributed by atoms with Crippen LogP contribution in [0.15, 0.2) is 40.1 Å². The summed E-state index contributed by atoms with van der Waals surface area (Å²) < 4.78 is 0. The molecule has 0 aliphatic heterocycles. The number of benzene rings is 2. The first-order valence-electron chi connectivity index (χ1n) is 6.35. The van der Waals surface area contributed by atoms with Crippen molar-refractivity contribution in [1.29, 1.82) is 0 Å². The van der Waals surface area contributed by atoms with Crippen LogP contribution in [0, 0.1) is 24.0 Å². The van der Waals surface area contributed by atoms with E-state index in [1.807, 2.05) is 26.0 Å². The predicted molar refractivity (Wildman–Crippen MR) is 87.8 cm³/mol. The second kappa shape index (κ2) is 6.81. The van der Waals surface area contributed by atoms with Gasteiger partial charge in [0.25, 0.3) is 5.69 Å². The third kappa shape index (κ3) is 3.58. The third-order valence-corrected chi connectivity index (χ3v) is 4.33. The molecule has 114 valence electrons. The number of amides is 1. The van der Waals surface area contributed by atoms with Gasteiger partial charge in [-0.15, -0.1) is 0 Å². The number of nitrogens with zero attached hydrogens (tertiary/aromatic N) is 1. The molecular formula is C15H13ClN2O3S. The molecule has 0 heterocycles. The molecule has 0 aliphatic carbocycles. The maximum absolute atomic E-state index is 11.2. The van der Waals surface area contributed by atoms with Gasteiger partial charge in [-0.05, 0) is 43.2 Å². The second-order valence-corrected chi connectivity index (χ2v) is 6.21. The molecule has 0 atom stereocenters. The number of nitrogens with one attached hydrogen (secondary N) is 1. The van der Waals surface area contributed by atoms with Crippen molar-refractivity contribution in [2.75, 3.05) is 5.32 Å². The molecule has 0 bridgehead atoms. The Bertz CT molecular complexity index is 750. The van der Waals surface area contributed by atoms with Crippen LogP contribution in [0.25, 0.3) is 0 Å². The molecule has 0 radical (unpaired) electrons. The molecule has 22 heavy (non-hydrogen) atoms. The summed E-state index contributed by atoms with van der Waals surface area (Å²) in [5.74, 6) is 0. The summed E-state index contributed by atoms with van der Waals surface area (Å²) >= 11 is 7.05. The Kier molecular flexibility index (Phi) is 5.05. The first-order chi connectivity index (χ1) is 10.4. The van der Waals surface area contributed by atoms with Gasteiger partial charge in [-0.25, -0.2) is 0 Å². The highest BCUT2D eigenvalue weighted by atomic mass is 35.5. The zero-order chi connectivity index (χ0) is 16.3. The number of hydrogen-bond acceptors (Lipinski definition) is 4. The zero-order valence-corrected chi connectivity index (χ0v) is 13.5. The smallest absolute Gasteiger partial charge is 0.284 e. The molecule has 0 aliphatic rings. The molecule has 0 aromatic heterocycles. The van der Waals surface area contributed by atoms with Crippen molar-refractivity contribution >= 4 is 41.1 Å². The molecule has 2 aromatic carbocycles. The fourth-order valence-corrected chi connectivity index (χ4v) is 3.44. The van der Waals surface area contributed by atoms with Gasteiger partial charge in [0.15, 0.2) is 0 Å². The lowest BCUT2D eigenvalue weighted by molar-refractivity contribution is -0.387. The van der Waals surface area contributed by atoms with Gasteiger partial charge >= 0.3 is 0 Å². The zero-order valence-electron chi connectivity index (χ0n) is 11.9. The van der Waals surface area contributed by atoms with Crippen LogP contribution in [0.4, 0.5) is 11.4 Å². The van der Waals surface area contributed by atoms with Crippen LogP contribution >= 0.6 is 23.4 Å². The van der Waals surface area contributed by atoms with Gasteiger partial charge in [-0.2, -0.15) is 0 Å². The standard InChI is InChI=1S/C15H13ClN2O3S/c1-9-5-10(2)15(17-8-19)14(6-9)22-13-4-3-11(16)7-12(13)18(20)21/h3-8H,1-2H3,(H,17,19). The number of nitro benzene ring substituents is 1. The average molecular weight is 337 g/mol. The molecule has 7 heteroatoms. The highest BCUT2D eigenvalue weighted by Gasteiger charge is 2.17. The number of hydrogen-bond donors (Lipinski definition) is 1. The van der Waals surface area contributed by atoms with Crippen molar-refractivity contribution in [3.05, 3.63) is 56.6 Å². The molecular weight excluding hydrogens is 324 g/mol. The Morgan fingerprint density at radius 2 is 1.95 bits per heavy atom. The maximum Gasteiger partial charge on any atom is 0.284 e. The normalized spacial score (nSPS) is 10.3. The largest absolute Gasteiger partial charge is 0.327 e. The van der Waals surface area contributed by atoms with Crippen molar-refractivity contribution in [3.8, 4) is 0 Å². The van der Waals surface area contributed by atoms with Crippen LogP contribution in [0.1, 0.15) is 11.1 Å². The van der Waals surface area contributed by atoms with E-state index in [0.29, 0.717) is 22.0 Å². The number of nitro groups is 1. The minimum absolute atomic E-state index is 0.0614. The van der Waals surface area contributed by atoms with E-state index in [0.717, 1.165) is 16.0 Å². The Balaban J connectivity index is 2.51. The van der Waals surface area contributed by atoms with Crippen molar-refractivity contribution in [2.45, 2.75) is 23.6 Å². The van der Waals surface area contributed by atoms with E-state index in [9.17, 15) is 14.9 Å². The second-order valence-electron chi connectivity index (χ2n) is 4.69. The molecule has 0 saturated heterocycles. The predicted octanol–water partition coefficient (Wildman–Crippen LogP) is 4.58. The van der Waals surface area contributed by atoms with E-state index < -0.39 is 4.92 Å². The van der Waals surface area contributed by atoms with Crippen molar-refractivity contribution in [1.82, 2.24) is 0 Å². The molecule has 5 nitrogen and oxygen atoms in total. The van der Waals surface area contributed by atoms with Crippen LogP contribution in [0.5, 0.6) is 0 Å². The van der Waals surface area contributed by atoms with Crippen LogP contribution < -0.4 is 5.32 Å². The topological polar surface area (TPSA) is 72.2 Å². The van der Waals surface area contributed by atoms with E-state index in [1.165, 1.54) is 17.8 Å². The highest BCUT2D eigenvalue weighted by molar-refractivity contribution is 7.99. The molecule has 0 spiro atoms. The Morgan fingerprint density at radius 3 is 2.59 bits per heavy atom. The number of carbonyl (C=O) groups is 1. The van der Waals surface area contributed by atoms with Crippen molar-refractivity contribution in [3.63, 3.8) is 0 Å². The minimum Gasteiger partial charge on any atom is -0.327 e. The average Bonchev–Trinajstić information content (AvgIpc) is 2.44. The van der Waals surface area contributed by atoms with Gasteiger partial charge < -0.3 is 5.32 Å². The highest BCUT2D eigenvalue weighted by Crippen LogP contribution is 2.40. The monoisotopic (exact) mass is 336 g/mol. The van der Waals surface area contributed by atoms with Crippen LogP contribution in [-0.2, 0) is 4.79 Å². The molecule has 1 N–H and O–H groups in total. The van der Waals surface area contributed by atoms with Gasteiger partial charge in [0.1, 0.15) is 0 Å². The first-order valence-corrected chi connectivity index (χ1v) is 7.55. The lowest BCUT2D eigenvalue weighted by atomic mass is 10.1. The molecule has 1 amide bonds. The Labute approximate surface area is 136 Å². The van der Waals surface area contributed by atoms with Gasteiger partial charge in [0, 0.05) is 16.0 Å². The fraction of sp³-hybridized carbons (Fsp3) is 0.133. The molecule has 0 unspecified atom stereocenters. The molecule has 0 saturated carbocycles. The summed E-state index contributed by atoms with van der Waals surface area (Å²) in [6, 6.07) is 8.34. The van der Waals surface area contributed by atoms with E-state index >= 15 is 0 Å². The van der Waals surface area contributed by atoms with Crippen LogP contribution in [0.2, 0.25) is 5.02 Å². The van der Waals surface area contributed by atoms with Gasteiger partial charge in [-0.1, -0.05) is 29.4 Å². The number of aryl methyl sites for hydroxylation is 2. The molecule has 0 fully saturated rings. The van der Waals surface area contributed by atoms with Gasteiger partial charge in [0.2, 0.25) is 6.41 Å². The van der Waals surface area contributed by atoms with E-state index in [4.69, 9.17) is 11.6 Å². The van der Waals surface area contributed by atoms with Crippen LogP contribution in [0.3, 0.4) is 0 Å². The van der Waals surface area contributed by atoms with Crippen molar-refractivity contribution in [2.24, 2.45) is 0 Å². The lowest BCUT2D eigenvalue weighted by Gasteiger charge is -2.12. The Morgan fingerprint density at radius 1 is 1.23 bits per heavy atom. The first kappa shape index (κ1) is 16.3. The number of carbonyl (C=O) groups excluding carboxylic acids is 1. The van der Waals surface area contributed by atoms with E-state index in [2.05, 4.69) is 5.32 Å². The molecule has 2 rings (SSSR count). The maximum atomic E-state index is 11.2. The quantitative estimate of drug-likeness (QED) is 0.492. The SMILES string of the molecule is Cc1cc(C)c(NC=O)c(Sc2ccc(Cl)cc2[N+](=O)[O-])c1. The summed E-state index contributed by atoms with van der Waals surface area (Å²) in [6.45, 7) is 3.80. The summed E-state index contributed by atoms with van der Waals surface area (Å²) in [4.78, 5) is 22.7. The molecule has 2 aromatic rings. The summed E-state index contributed by atoms with van der Waals surface area (Å²) in [6.07, 6.45) is 0.595. The van der Waals surface area contributed by atoms with Crippen LogP contribution in [-0.4, -0.2) is 11.3 Å². The third-order valence-electron chi connectivity index (χ3n) is 2.98. The number of halogens is 1. The number of rotatable bonds is 5. The van der Waals surface area contributed by atoms with Gasteiger partial charge in [0.05, 0.1) is 15.5 Å². The fourth-order valence-electron chi connectivity index (χ4n) is 2.09. The minimum atomic E-state index is -0.469. The van der Waals surface area contributed by atoms with E-state index in [-0.39, 0.29) is 5.69 Å². The lowest BCUT2D eigenvalue weighted by Crippen LogP contribution is -1.99.